The van der Waals surface area contributed by atoms with E-state index in [1.807, 2.05) is 0 Å². The molecular formula is C17H34N2. The van der Waals surface area contributed by atoms with Crippen molar-refractivity contribution in [1.29, 1.82) is 0 Å². The first-order valence-electron chi connectivity index (χ1n) is 8.52. The zero-order valence-electron chi connectivity index (χ0n) is 13.6. The van der Waals surface area contributed by atoms with Gasteiger partial charge >= 0.3 is 0 Å². The quantitative estimate of drug-likeness (QED) is 0.769. The van der Waals surface area contributed by atoms with Crippen LogP contribution < -0.4 is 0 Å². The van der Waals surface area contributed by atoms with E-state index in [0.29, 0.717) is 0 Å². The third-order valence-electron chi connectivity index (χ3n) is 5.49. The van der Waals surface area contributed by atoms with Crippen LogP contribution in [0.5, 0.6) is 0 Å². The van der Waals surface area contributed by atoms with Crippen molar-refractivity contribution in [3.05, 3.63) is 0 Å². The van der Waals surface area contributed by atoms with Crippen molar-refractivity contribution in [3.8, 4) is 0 Å². The molecule has 2 nitrogen and oxygen atoms in total. The van der Waals surface area contributed by atoms with E-state index < -0.39 is 0 Å². The molecule has 0 aromatic carbocycles. The predicted octanol–water partition coefficient (Wildman–Crippen LogP) is 3.47. The molecule has 2 rings (SSSR count). The molecule has 112 valence electrons. The average molecular weight is 266 g/mol. The molecule has 1 saturated carbocycles. The first-order chi connectivity index (χ1) is 9.06. The monoisotopic (exact) mass is 266 g/mol. The average Bonchev–Trinajstić information content (AvgIpc) is 2.40. The SMILES string of the molecule is CC(C)N1CCN(C[C@H]2CC[C@H](C(C)C)CC2)CC1. The summed E-state index contributed by atoms with van der Waals surface area (Å²) in [5.74, 6) is 2.89. The fourth-order valence-corrected chi connectivity index (χ4v) is 3.86. The second-order valence-electron chi connectivity index (χ2n) is 7.46. The molecule has 0 spiro atoms. The van der Waals surface area contributed by atoms with Crippen molar-refractivity contribution in [3.63, 3.8) is 0 Å². The lowest BCUT2D eigenvalue weighted by molar-refractivity contribution is 0.0848. The topological polar surface area (TPSA) is 6.48 Å². The van der Waals surface area contributed by atoms with Crippen LogP contribution >= 0.6 is 0 Å². The van der Waals surface area contributed by atoms with Gasteiger partial charge in [-0.05, 0) is 57.3 Å². The van der Waals surface area contributed by atoms with Crippen LogP contribution in [0.1, 0.15) is 53.4 Å². The Kier molecular flexibility index (Phi) is 5.70. The summed E-state index contributed by atoms with van der Waals surface area (Å²) in [4.78, 5) is 5.34. The minimum atomic E-state index is 0.726. The highest BCUT2D eigenvalue weighted by Crippen LogP contribution is 2.33. The van der Waals surface area contributed by atoms with Crippen LogP contribution in [0.2, 0.25) is 0 Å². The van der Waals surface area contributed by atoms with Crippen molar-refractivity contribution < 1.29 is 0 Å². The molecule has 19 heavy (non-hydrogen) atoms. The van der Waals surface area contributed by atoms with Gasteiger partial charge in [0.15, 0.2) is 0 Å². The van der Waals surface area contributed by atoms with Crippen LogP contribution in [0, 0.1) is 17.8 Å². The van der Waals surface area contributed by atoms with E-state index in [4.69, 9.17) is 0 Å². The third-order valence-corrected chi connectivity index (χ3v) is 5.49. The van der Waals surface area contributed by atoms with Crippen molar-refractivity contribution in [2.75, 3.05) is 32.7 Å². The highest BCUT2D eigenvalue weighted by Gasteiger charge is 2.26. The number of nitrogens with zero attached hydrogens (tertiary/aromatic N) is 2. The minimum absolute atomic E-state index is 0.726. The van der Waals surface area contributed by atoms with Gasteiger partial charge in [0.1, 0.15) is 0 Å². The van der Waals surface area contributed by atoms with Crippen molar-refractivity contribution in [2.24, 2.45) is 17.8 Å². The van der Waals surface area contributed by atoms with Gasteiger partial charge in [-0.3, -0.25) is 4.90 Å². The van der Waals surface area contributed by atoms with E-state index >= 15 is 0 Å². The Hall–Kier alpha value is -0.0800. The summed E-state index contributed by atoms with van der Waals surface area (Å²) in [6.45, 7) is 16.0. The largest absolute Gasteiger partial charge is 0.301 e. The molecule has 0 aromatic rings. The maximum absolute atomic E-state index is 2.72. The second-order valence-corrected chi connectivity index (χ2v) is 7.46. The zero-order valence-corrected chi connectivity index (χ0v) is 13.6. The molecule has 0 unspecified atom stereocenters. The van der Waals surface area contributed by atoms with Crippen LogP contribution in [-0.2, 0) is 0 Å². The summed E-state index contributed by atoms with van der Waals surface area (Å²) in [6, 6.07) is 0.726. The fourth-order valence-electron chi connectivity index (χ4n) is 3.86. The molecule has 0 aromatic heterocycles. The van der Waals surface area contributed by atoms with Gasteiger partial charge in [0, 0.05) is 38.8 Å². The minimum Gasteiger partial charge on any atom is -0.301 e. The summed E-state index contributed by atoms with van der Waals surface area (Å²) in [5.41, 5.74) is 0. The molecule has 2 fully saturated rings. The van der Waals surface area contributed by atoms with Gasteiger partial charge < -0.3 is 4.90 Å². The van der Waals surface area contributed by atoms with E-state index in [-0.39, 0.29) is 0 Å². The molecule has 1 heterocycles. The van der Waals surface area contributed by atoms with Crippen molar-refractivity contribution >= 4 is 0 Å². The summed E-state index contributed by atoms with van der Waals surface area (Å²) < 4.78 is 0. The Balaban J connectivity index is 1.67. The highest BCUT2D eigenvalue weighted by atomic mass is 15.3. The van der Waals surface area contributed by atoms with E-state index in [1.165, 1.54) is 58.4 Å². The van der Waals surface area contributed by atoms with Crippen molar-refractivity contribution in [2.45, 2.75) is 59.4 Å². The maximum atomic E-state index is 2.72. The molecule has 0 bridgehead atoms. The lowest BCUT2D eigenvalue weighted by Gasteiger charge is -2.40. The van der Waals surface area contributed by atoms with Crippen molar-refractivity contribution in [1.82, 2.24) is 9.80 Å². The Morgan fingerprint density at radius 3 is 1.89 bits per heavy atom. The predicted molar refractivity (Wildman–Crippen MR) is 83.4 cm³/mol. The molecule has 2 heteroatoms. The number of hydrogen-bond donors (Lipinski definition) is 0. The maximum Gasteiger partial charge on any atom is 0.0113 e. The lowest BCUT2D eigenvalue weighted by atomic mass is 9.77. The van der Waals surface area contributed by atoms with Gasteiger partial charge in [-0.1, -0.05) is 13.8 Å². The zero-order chi connectivity index (χ0) is 13.8. The van der Waals surface area contributed by atoms with Gasteiger partial charge in [0.25, 0.3) is 0 Å². The summed E-state index contributed by atoms with van der Waals surface area (Å²) >= 11 is 0. The first kappa shape index (κ1) is 15.3. The van der Waals surface area contributed by atoms with Crippen LogP contribution in [-0.4, -0.2) is 48.6 Å². The van der Waals surface area contributed by atoms with E-state index in [0.717, 1.165) is 23.8 Å². The Labute approximate surface area is 120 Å². The highest BCUT2D eigenvalue weighted by molar-refractivity contribution is 4.80. The van der Waals surface area contributed by atoms with Crippen LogP contribution in [0.4, 0.5) is 0 Å². The van der Waals surface area contributed by atoms with Crippen LogP contribution in [0.3, 0.4) is 0 Å². The smallest absolute Gasteiger partial charge is 0.0113 e. The second kappa shape index (κ2) is 7.08. The Morgan fingerprint density at radius 1 is 0.842 bits per heavy atom. The molecule has 2 aliphatic rings. The molecule has 1 aliphatic carbocycles. The molecule has 1 saturated heterocycles. The van der Waals surface area contributed by atoms with E-state index in [9.17, 15) is 0 Å². The Morgan fingerprint density at radius 2 is 1.42 bits per heavy atom. The molecule has 0 atom stereocenters. The van der Waals surface area contributed by atoms with E-state index in [1.54, 1.807) is 0 Å². The van der Waals surface area contributed by atoms with Crippen LogP contribution in [0.25, 0.3) is 0 Å². The summed E-state index contributed by atoms with van der Waals surface area (Å²) in [5, 5.41) is 0. The van der Waals surface area contributed by atoms with Gasteiger partial charge in [-0.15, -0.1) is 0 Å². The molecule has 1 aliphatic heterocycles. The van der Waals surface area contributed by atoms with Gasteiger partial charge in [-0.2, -0.15) is 0 Å². The normalized spacial score (nSPS) is 31.3. The molecular weight excluding hydrogens is 232 g/mol. The van der Waals surface area contributed by atoms with Crippen LogP contribution in [0.15, 0.2) is 0 Å². The van der Waals surface area contributed by atoms with Gasteiger partial charge in [-0.25, -0.2) is 0 Å². The summed E-state index contributed by atoms with van der Waals surface area (Å²) in [6.07, 6.45) is 5.92. The number of hydrogen-bond acceptors (Lipinski definition) is 2. The fraction of sp³-hybridized carbons (Fsp3) is 1.00. The number of rotatable bonds is 4. The van der Waals surface area contributed by atoms with Gasteiger partial charge in [0.05, 0.1) is 0 Å². The van der Waals surface area contributed by atoms with Gasteiger partial charge in [0.2, 0.25) is 0 Å². The molecule has 0 radical (unpaired) electrons. The third kappa shape index (κ3) is 4.46. The van der Waals surface area contributed by atoms with E-state index in [2.05, 4.69) is 37.5 Å². The molecule has 0 N–H and O–H groups in total. The Bertz CT molecular complexity index is 220. The number of piperazine rings is 1. The first-order valence-corrected chi connectivity index (χ1v) is 8.52. The molecule has 0 amide bonds. The standard InChI is InChI=1S/C17H34N2/c1-14(2)17-7-5-16(6-8-17)13-18-9-11-19(12-10-18)15(3)4/h14-17H,5-13H2,1-4H3/t16-,17-. The summed E-state index contributed by atoms with van der Waals surface area (Å²) in [7, 11) is 0. The lowest BCUT2D eigenvalue weighted by Crippen LogP contribution is -2.50.